The Bertz CT molecular complexity index is 535. The number of anilines is 1. The highest BCUT2D eigenvalue weighted by atomic mass is 35.5. The summed E-state index contributed by atoms with van der Waals surface area (Å²) in [5.74, 6) is -0.524. The van der Waals surface area contributed by atoms with E-state index >= 15 is 0 Å². The summed E-state index contributed by atoms with van der Waals surface area (Å²) in [5.41, 5.74) is 0.418. The third kappa shape index (κ3) is 2.96. The van der Waals surface area contributed by atoms with Gasteiger partial charge in [0.25, 0.3) is 0 Å². The van der Waals surface area contributed by atoms with Crippen molar-refractivity contribution < 1.29 is 19.4 Å². The van der Waals surface area contributed by atoms with Gasteiger partial charge in [0.1, 0.15) is 11.8 Å². The quantitative estimate of drug-likeness (QED) is 0.898. The van der Waals surface area contributed by atoms with Gasteiger partial charge >= 0.3 is 12.0 Å². The minimum absolute atomic E-state index is 0.418. The minimum atomic E-state index is -0.990. The van der Waals surface area contributed by atoms with Crippen molar-refractivity contribution in [3.05, 3.63) is 23.2 Å². The van der Waals surface area contributed by atoms with Gasteiger partial charge in [-0.2, -0.15) is 0 Å². The molecule has 1 atom stereocenters. The van der Waals surface area contributed by atoms with Crippen LogP contribution in [0.1, 0.15) is 12.8 Å². The largest absolute Gasteiger partial charge is 0.495 e. The molecule has 1 aliphatic rings. The molecule has 1 aliphatic heterocycles. The van der Waals surface area contributed by atoms with Crippen molar-refractivity contribution in [3.8, 4) is 5.75 Å². The lowest BCUT2D eigenvalue weighted by molar-refractivity contribution is -0.141. The average Bonchev–Trinajstić information content (AvgIpc) is 2.88. The fourth-order valence-corrected chi connectivity index (χ4v) is 2.40. The highest BCUT2D eigenvalue weighted by Gasteiger charge is 2.34. The molecule has 0 saturated carbocycles. The summed E-state index contributed by atoms with van der Waals surface area (Å²) in [6.07, 6.45) is 1.15. The van der Waals surface area contributed by atoms with E-state index < -0.39 is 18.0 Å². The molecule has 6 nitrogen and oxygen atoms in total. The molecule has 20 heavy (non-hydrogen) atoms. The van der Waals surface area contributed by atoms with Gasteiger partial charge in [0.2, 0.25) is 0 Å². The van der Waals surface area contributed by atoms with Crippen LogP contribution in [0.5, 0.6) is 5.75 Å². The Morgan fingerprint density at radius 2 is 2.25 bits per heavy atom. The fraction of sp³-hybridized carbons (Fsp3) is 0.385. The zero-order chi connectivity index (χ0) is 14.7. The van der Waals surface area contributed by atoms with Gasteiger partial charge < -0.3 is 20.1 Å². The molecule has 2 N–H and O–H groups in total. The molecule has 1 aromatic carbocycles. The van der Waals surface area contributed by atoms with E-state index in [2.05, 4.69) is 5.32 Å². The Morgan fingerprint density at radius 3 is 2.90 bits per heavy atom. The second kappa shape index (κ2) is 6.00. The van der Waals surface area contributed by atoms with E-state index in [-0.39, 0.29) is 0 Å². The number of carbonyl (C=O) groups excluding carboxylic acids is 1. The van der Waals surface area contributed by atoms with Crippen molar-refractivity contribution in [2.45, 2.75) is 18.9 Å². The summed E-state index contributed by atoms with van der Waals surface area (Å²) >= 11 is 5.88. The number of ether oxygens (including phenoxy) is 1. The number of carbonyl (C=O) groups is 2. The molecule has 1 aromatic rings. The normalized spacial score (nSPS) is 17.9. The maximum absolute atomic E-state index is 12.2. The zero-order valence-corrected chi connectivity index (χ0v) is 11.7. The van der Waals surface area contributed by atoms with Crippen molar-refractivity contribution in [1.82, 2.24) is 4.90 Å². The summed E-state index contributed by atoms with van der Waals surface area (Å²) in [6.45, 7) is 0.422. The Balaban J connectivity index is 2.15. The lowest BCUT2D eigenvalue weighted by atomic mass is 10.2. The third-order valence-electron chi connectivity index (χ3n) is 3.20. The molecule has 2 rings (SSSR count). The van der Waals surface area contributed by atoms with Gasteiger partial charge in [0.15, 0.2) is 0 Å². The summed E-state index contributed by atoms with van der Waals surface area (Å²) in [4.78, 5) is 24.5. The minimum Gasteiger partial charge on any atom is -0.495 e. The lowest BCUT2D eigenvalue weighted by Gasteiger charge is -2.22. The maximum Gasteiger partial charge on any atom is 0.326 e. The number of rotatable bonds is 3. The van der Waals surface area contributed by atoms with Crippen molar-refractivity contribution in [3.63, 3.8) is 0 Å². The first kappa shape index (κ1) is 14.5. The molecule has 1 fully saturated rings. The van der Waals surface area contributed by atoms with Crippen molar-refractivity contribution in [2.75, 3.05) is 19.0 Å². The highest BCUT2D eigenvalue weighted by Crippen LogP contribution is 2.28. The van der Waals surface area contributed by atoms with E-state index in [0.717, 1.165) is 0 Å². The monoisotopic (exact) mass is 298 g/mol. The number of benzene rings is 1. The molecule has 0 bridgehead atoms. The molecular formula is C13H15ClN2O4. The standard InChI is InChI=1S/C13H15ClN2O4/c1-20-11-5-4-8(14)7-9(11)15-13(19)16-6-2-3-10(16)12(17)18/h4-5,7,10H,2-3,6H2,1H3,(H,15,19)(H,17,18)/t10-/m1/s1. The molecule has 0 unspecified atom stereocenters. The van der Waals surface area contributed by atoms with E-state index in [0.29, 0.717) is 35.8 Å². The summed E-state index contributed by atoms with van der Waals surface area (Å²) in [7, 11) is 1.48. The molecule has 1 heterocycles. The summed E-state index contributed by atoms with van der Waals surface area (Å²) in [6, 6.07) is 3.60. The predicted molar refractivity (Wildman–Crippen MR) is 74.4 cm³/mol. The van der Waals surface area contributed by atoms with Crippen LogP contribution in [0.25, 0.3) is 0 Å². The molecule has 0 aromatic heterocycles. The van der Waals surface area contributed by atoms with Crippen molar-refractivity contribution >= 4 is 29.3 Å². The molecule has 0 aliphatic carbocycles. The number of halogens is 1. The zero-order valence-electron chi connectivity index (χ0n) is 10.9. The number of amides is 2. The third-order valence-corrected chi connectivity index (χ3v) is 3.44. The summed E-state index contributed by atoms with van der Waals surface area (Å²) < 4.78 is 5.13. The first-order chi connectivity index (χ1) is 9.52. The van der Waals surface area contributed by atoms with Gasteiger partial charge in [0.05, 0.1) is 12.8 Å². The van der Waals surface area contributed by atoms with Crippen molar-refractivity contribution in [2.24, 2.45) is 0 Å². The molecule has 0 spiro atoms. The number of likely N-dealkylation sites (tertiary alicyclic amines) is 1. The van der Waals surface area contributed by atoms with E-state index in [1.807, 2.05) is 0 Å². The van der Waals surface area contributed by atoms with Gasteiger partial charge in [-0.05, 0) is 31.0 Å². The number of urea groups is 1. The fourth-order valence-electron chi connectivity index (χ4n) is 2.23. The first-order valence-corrected chi connectivity index (χ1v) is 6.54. The topological polar surface area (TPSA) is 78.9 Å². The second-order valence-corrected chi connectivity index (χ2v) is 4.90. The van der Waals surface area contributed by atoms with Gasteiger partial charge in [-0.15, -0.1) is 0 Å². The number of carboxylic acid groups (broad SMARTS) is 1. The van der Waals surface area contributed by atoms with E-state index in [9.17, 15) is 9.59 Å². The number of nitrogens with zero attached hydrogens (tertiary/aromatic N) is 1. The number of carboxylic acids is 1. The van der Waals surface area contributed by atoms with E-state index in [4.69, 9.17) is 21.4 Å². The first-order valence-electron chi connectivity index (χ1n) is 6.17. The van der Waals surface area contributed by atoms with Gasteiger partial charge in [-0.3, -0.25) is 0 Å². The Morgan fingerprint density at radius 1 is 1.50 bits per heavy atom. The van der Waals surface area contributed by atoms with Gasteiger partial charge in [-0.1, -0.05) is 11.6 Å². The Labute approximate surface area is 121 Å². The number of aliphatic carboxylic acids is 1. The number of hydrogen-bond acceptors (Lipinski definition) is 3. The molecule has 7 heteroatoms. The van der Waals surface area contributed by atoms with Crippen LogP contribution in [0.4, 0.5) is 10.5 Å². The van der Waals surface area contributed by atoms with Crippen LogP contribution in [0, 0.1) is 0 Å². The molecular weight excluding hydrogens is 284 g/mol. The second-order valence-electron chi connectivity index (χ2n) is 4.46. The van der Waals surface area contributed by atoms with Crippen LogP contribution >= 0.6 is 11.6 Å². The van der Waals surface area contributed by atoms with Crippen LogP contribution in [-0.2, 0) is 4.79 Å². The molecule has 1 saturated heterocycles. The van der Waals surface area contributed by atoms with Crippen LogP contribution in [0.15, 0.2) is 18.2 Å². The Kier molecular flexibility index (Phi) is 4.34. The van der Waals surface area contributed by atoms with E-state index in [1.165, 1.54) is 12.0 Å². The molecule has 2 amide bonds. The van der Waals surface area contributed by atoms with Crippen LogP contribution in [-0.4, -0.2) is 41.7 Å². The number of nitrogens with one attached hydrogen (secondary N) is 1. The molecule has 0 radical (unpaired) electrons. The van der Waals surface area contributed by atoms with Gasteiger partial charge in [-0.25, -0.2) is 9.59 Å². The lowest BCUT2D eigenvalue weighted by Crippen LogP contribution is -2.42. The number of methoxy groups -OCH3 is 1. The average molecular weight is 299 g/mol. The van der Waals surface area contributed by atoms with Crippen LogP contribution in [0.3, 0.4) is 0 Å². The Hall–Kier alpha value is -1.95. The van der Waals surface area contributed by atoms with E-state index in [1.54, 1.807) is 18.2 Å². The highest BCUT2D eigenvalue weighted by molar-refractivity contribution is 6.31. The predicted octanol–water partition coefficient (Wildman–Crippen LogP) is 2.43. The smallest absolute Gasteiger partial charge is 0.326 e. The molecule has 108 valence electrons. The maximum atomic E-state index is 12.2. The van der Waals surface area contributed by atoms with Crippen LogP contribution in [0.2, 0.25) is 5.02 Å². The number of hydrogen-bond donors (Lipinski definition) is 2. The van der Waals surface area contributed by atoms with Crippen molar-refractivity contribution in [1.29, 1.82) is 0 Å². The van der Waals surface area contributed by atoms with Gasteiger partial charge in [0, 0.05) is 11.6 Å². The SMILES string of the molecule is COc1ccc(Cl)cc1NC(=O)N1CCC[C@@H]1C(=O)O. The summed E-state index contributed by atoms with van der Waals surface area (Å²) in [5, 5.41) is 12.2. The van der Waals surface area contributed by atoms with Crippen LogP contribution < -0.4 is 10.1 Å².